The number of amides is 1. The molecule has 2 heterocycles. The fourth-order valence-electron chi connectivity index (χ4n) is 3.23. The highest BCUT2D eigenvalue weighted by Gasteiger charge is 2.23. The van der Waals surface area contributed by atoms with Gasteiger partial charge in [0.1, 0.15) is 0 Å². The second kappa shape index (κ2) is 9.17. The molecule has 0 radical (unpaired) electrons. The molecular weight excluding hydrogens is 380 g/mol. The summed E-state index contributed by atoms with van der Waals surface area (Å²) in [6.07, 6.45) is 4.19. The predicted octanol–water partition coefficient (Wildman–Crippen LogP) is 4.82. The number of carbonyl (C=O) groups excluding carboxylic acids is 2. The molecule has 1 aliphatic heterocycles. The molecule has 1 amide bonds. The highest BCUT2D eigenvalue weighted by atomic mass is 16.5. The first-order valence-corrected chi connectivity index (χ1v) is 9.56. The number of aromatic nitrogens is 1. The molecule has 1 aromatic heterocycles. The van der Waals surface area contributed by atoms with Crippen LogP contribution in [0.5, 0.6) is 0 Å². The van der Waals surface area contributed by atoms with E-state index in [0.29, 0.717) is 23.5 Å². The van der Waals surface area contributed by atoms with Crippen molar-refractivity contribution in [3.63, 3.8) is 0 Å². The number of rotatable bonds is 7. The molecule has 154 valence electrons. The van der Waals surface area contributed by atoms with E-state index in [-0.39, 0.29) is 18.3 Å². The van der Waals surface area contributed by atoms with Crippen LogP contribution in [0, 0.1) is 6.92 Å². The van der Waals surface area contributed by atoms with Gasteiger partial charge < -0.3 is 15.0 Å². The number of azo groups is 1. The first-order chi connectivity index (χ1) is 14.4. The van der Waals surface area contributed by atoms with Crippen molar-refractivity contribution in [3.05, 3.63) is 76.7 Å². The van der Waals surface area contributed by atoms with Crippen LogP contribution >= 0.6 is 0 Å². The lowest BCUT2D eigenvalue weighted by atomic mass is 10.0. The maximum atomic E-state index is 12.0. The topological polar surface area (TPSA) is 95.9 Å². The first kappa shape index (κ1) is 21.0. The van der Waals surface area contributed by atoms with E-state index in [0.717, 1.165) is 28.1 Å². The number of nitrogens with zero attached hydrogens (tertiary/aromatic N) is 2. The van der Waals surface area contributed by atoms with Gasteiger partial charge in [-0.05, 0) is 44.0 Å². The summed E-state index contributed by atoms with van der Waals surface area (Å²) in [7, 11) is 1.37. The standard InChI is InChI=1S/C23H24N4O3/c1-5-17-15(3)23(29)25-20(17)13-19-14(2)18(11-12-21(28)30-4)22(24-19)27-26-16-9-7-6-8-10-16/h5-10,13,24H,1,11-12H2,2-4H3,(H,25,29)/b20-13-,27-26?. The zero-order valence-electron chi connectivity index (χ0n) is 17.3. The van der Waals surface area contributed by atoms with Gasteiger partial charge in [0.2, 0.25) is 0 Å². The van der Waals surface area contributed by atoms with Crippen molar-refractivity contribution in [1.82, 2.24) is 10.3 Å². The highest BCUT2D eigenvalue weighted by molar-refractivity contribution is 6.01. The number of carbonyl (C=O) groups is 2. The van der Waals surface area contributed by atoms with Gasteiger partial charge >= 0.3 is 5.97 Å². The maximum Gasteiger partial charge on any atom is 0.305 e. The molecule has 2 N–H and O–H groups in total. The Balaban J connectivity index is 2.00. The van der Waals surface area contributed by atoms with Crippen molar-refractivity contribution in [2.75, 3.05) is 7.11 Å². The predicted molar refractivity (Wildman–Crippen MR) is 116 cm³/mol. The number of ether oxygens (including phenoxy) is 1. The molecule has 1 aromatic carbocycles. The van der Waals surface area contributed by atoms with Gasteiger partial charge in [0.15, 0.2) is 5.82 Å². The number of esters is 1. The van der Waals surface area contributed by atoms with Crippen molar-refractivity contribution in [2.45, 2.75) is 26.7 Å². The second-order valence-electron chi connectivity index (χ2n) is 6.86. The van der Waals surface area contributed by atoms with Crippen molar-refractivity contribution in [3.8, 4) is 0 Å². The minimum absolute atomic E-state index is 0.143. The minimum Gasteiger partial charge on any atom is -0.469 e. The Labute approximate surface area is 175 Å². The monoisotopic (exact) mass is 404 g/mol. The molecule has 2 aromatic rings. The molecule has 7 heteroatoms. The fraction of sp³-hybridized carbons (Fsp3) is 0.217. The zero-order chi connectivity index (χ0) is 21.7. The van der Waals surface area contributed by atoms with E-state index >= 15 is 0 Å². The van der Waals surface area contributed by atoms with E-state index in [1.807, 2.05) is 43.3 Å². The first-order valence-electron chi connectivity index (χ1n) is 9.56. The number of nitrogens with one attached hydrogen (secondary N) is 2. The largest absolute Gasteiger partial charge is 0.469 e. The van der Waals surface area contributed by atoms with Crippen molar-refractivity contribution in [1.29, 1.82) is 0 Å². The number of hydrogen-bond donors (Lipinski definition) is 2. The van der Waals surface area contributed by atoms with Crippen LogP contribution in [-0.2, 0) is 20.7 Å². The Morgan fingerprint density at radius 2 is 1.93 bits per heavy atom. The third kappa shape index (κ3) is 4.46. The lowest BCUT2D eigenvalue weighted by Crippen LogP contribution is -2.15. The Kier molecular flexibility index (Phi) is 6.41. The number of methoxy groups -OCH3 is 1. The van der Waals surface area contributed by atoms with Crippen LogP contribution in [0.2, 0.25) is 0 Å². The zero-order valence-corrected chi connectivity index (χ0v) is 17.3. The van der Waals surface area contributed by atoms with E-state index in [9.17, 15) is 9.59 Å². The average Bonchev–Trinajstić information content (AvgIpc) is 3.20. The van der Waals surface area contributed by atoms with Gasteiger partial charge in [-0.3, -0.25) is 9.59 Å². The van der Waals surface area contributed by atoms with Crippen LogP contribution in [0.1, 0.15) is 30.2 Å². The second-order valence-corrected chi connectivity index (χ2v) is 6.86. The normalized spacial score (nSPS) is 15.2. The van der Waals surface area contributed by atoms with E-state index < -0.39 is 0 Å². The summed E-state index contributed by atoms with van der Waals surface area (Å²) in [5.41, 5.74) is 5.35. The van der Waals surface area contributed by atoms with Crippen molar-refractivity contribution >= 4 is 29.5 Å². The van der Waals surface area contributed by atoms with E-state index in [1.165, 1.54) is 7.11 Å². The molecule has 0 saturated heterocycles. The minimum atomic E-state index is -0.294. The lowest BCUT2D eigenvalue weighted by Gasteiger charge is -2.03. The molecule has 0 saturated carbocycles. The van der Waals surface area contributed by atoms with Gasteiger partial charge in [0.05, 0.1) is 18.5 Å². The SMILES string of the molecule is C=CC1=C(C)C(=O)N/C1=C\c1[nH]c(N=Nc2ccccc2)c(CCC(=O)OC)c1C. The molecule has 0 fully saturated rings. The third-order valence-electron chi connectivity index (χ3n) is 5.00. The molecule has 1 aliphatic rings. The molecule has 3 rings (SSSR count). The molecule has 0 bridgehead atoms. The number of benzene rings is 1. The Morgan fingerprint density at radius 1 is 1.20 bits per heavy atom. The van der Waals surface area contributed by atoms with Crippen molar-refractivity contribution in [2.24, 2.45) is 10.2 Å². The Morgan fingerprint density at radius 3 is 2.60 bits per heavy atom. The average molecular weight is 404 g/mol. The van der Waals surface area contributed by atoms with Gasteiger partial charge in [0.25, 0.3) is 5.91 Å². The lowest BCUT2D eigenvalue weighted by molar-refractivity contribution is -0.140. The summed E-state index contributed by atoms with van der Waals surface area (Å²) >= 11 is 0. The molecule has 0 spiro atoms. The van der Waals surface area contributed by atoms with Crippen LogP contribution in [0.15, 0.2) is 70.1 Å². The molecule has 0 unspecified atom stereocenters. The summed E-state index contributed by atoms with van der Waals surface area (Å²) < 4.78 is 4.77. The maximum absolute atomic E-state index is 12.0. The number of aromatic amines is 1. The summed E-state index contributed by atoms with van der Waals surface area (Å²) in [4.78, 5) is 26.9. The van der Waals surface area contributed by atoms with Crippen molar-refractivity contribution < 1.29 is 14.3 Å². The summed E-state index contributed by atoms with van der Waals surface area (Å²) in [6, 6.07) is 9.39. The number of H-pyrrole nitrogens is 1. The van der Waals surface area contributed by atoms with Gasteiger partial charge in [-0.2, -0.15) is 0 Å². The fourth-order valence-corrected chi connectivity index (χ4v) is 3.23. The van der Waals surface area contributed by atoms with E-state index in [2.05, 4.69) is 27.1 Å². The van der Waals surface area contributed by atoms with Crippen LogP contribution in [0.4, 0.5) is 11.5 Å². The summed E-state index contributed by atoms with van der Waals surface area (Å²) in [6.45, 7) is 7.50. The van der Waals surface area contributed by atoms with Crippen LogP contribution in [0.3, 0.4) is 0 Å². The van der Waals surface area contributed by atoms with E-state index in [1.54, 1.807) is 13.0 Å². The Hall–Kier alpha value is -3.74. The molecule has 0 aliphatic carbocycles. The Bertz CT molecular complexity index is 1080. The van der Waals surface area contributed by atoms with Crippen LogP contribution in [0.25, 0.3) is 6.08 Å². The smallest absolute Gasteiger partial charge is 0.305 e. The van der Waals surface area contributed by atoms with Gasteiger partial charge in [-0.15, -0.1) is 10.2 Å². The van der Waals surface area contributed by atoms with Gasteiger partial charge in [-0.25, -0.2) is 0 Å². The summed E-state index contributed by atoms with van der Waals surface area (Å²) in [5, 5.41) is 11.5. The third-order valence-corrected chi connectivity index (χ3v) is 5.00. The van der Waals surface area contributed by atoms with Gasteiger partial charge in [-0.1, -0.05) is 30.9 Å². The molecule has 0 atom stereocenters. The van der Waals surface area contributed by atoms with Gasteiger partial charge in [0, 0.05) is 28.8 Å². The van der Waals surface area contributed by atoms with Crippen LogP contribution < -0.4 is 5.32 Å². The molecule has 7 nitrogen and oxygen atoms in total. The quantitative estimate of drug-likeness (QED) is 0.512. The number of hydrogen-bond acceptors (Lipinski definition) is 5. The van der Waals surface area contributed by atoms with Crippen LogP contribution in [-0.4, -0.2) is 24.0 Å². The number of allylic oxidation sites excluding steroid dienone is 1. The van der Waals surface area contributed by atoms with E-state index in [4.69, 9.17) is 4.74 Å². The molecule has 30 heavy (non-hydrogen) atoms. The highest BCUT2D eigenvalue weighted by Crippen LogP contribution is 2.31. The summed E-state index contributed by atoms with van der Waals surface area (Å²) in [5.74, 6) is 0.129. The molecular formula is C23H24N4O3.